The Balaban J connectivity index is 3.10. The Morgan fingerprint density at radius 1 is 1.59 bits per heavy atom. The summed E-state index contributed by atoms with van der Waals surface area (Å²) in [5, 5.41) is 0. The number of carbonyl (C=O) groups is 1. The highest BCUT2D eigenvalue weighted by Gasteiger charge is 2.22. The number of pyridine rings is 1. The van der Waals surface area contributed by atoms with Crippen molar-refractivity contribution in [3.8, 4) is 0 Å². The van der Waals surface area contributed by atoms with E-state index in [0.717, 1.165) is 6.20 Å². The number of alkyl halides is 2. The summed E-state index contributed by atoms with van der Waals surface area (Å²) in [6.07, 6.45) is -2.54. The van der Waals surface area contributed by atoms with Crippen molar-refractivity contribution in [2.45, 2.75) is 19.8 Å². The summed E-state index contributed by atoms with van der Waals surface area (Å²) >= 11 is 1.57. The molecule has 1 aromatic rings. The predicted molar refractivity (Wildman–Crippen MR) is 62.2 cm³/mol. The maximum absolute atomic E-state index is 13.2. The molecule has 0 saturated carbocycles. The van der Waals surface area contributed by atoms with E-state index in [9.17, 15) is 18.0 Å². The van der Waals surface area contributed by atoms with Crippen LogP contribution < -0.4 is 0 Å². The predicted octanol–water partition coefficient (Wildman–Crippen LogP) is 2.87. The molecule has 1 rings (SSSR count). The average molecular weight is 359 g/mol. The molecule has 94 valence electrons. The first-order valence-corrected chi connectivity index (χ1v) is 5.81. The fraction of sp³-hybridized carbons (Fsp3) is 0.400. The van der Waals surface area contributed by atoms with Crippen molar-refractivity contribution in [2.24, 2.45) is 0 Å². The number of aromatic nitrogens is 1. The molecule has 0 aromatic carbocycles. The summed E-state index contributed by atoms with van der Waals surface area (Å²) in [7, 11) is 0. The minimum atomic E-state index is -2.85. The van der Waals surface area contributed by atoms with Crippen LogP contribution in [-0.2, 0) is 16.0 Å². The molecular weight excluding hydrogens is 350 g/mol. The van der Waals surface area contributed by atoms with Gasteiger partial charge in [-0.1, -0.05) is 0 Å². The van der Waals surface area contributed by atoms with Crippen molar-refractivity contribution in [3.63, 3.8) is 0 Å². The van der Waals surface area contributed by atoms with Crippen LogP contribution in [0.3, 0.4) is 0 Å². The Hall–Kier alpha value is -0.860. The Bertz CT molecular complexity index is 426. The van der Waals surface area contributed by atoms with Crippen molar-refractivity contribution in [1.82, 2.24) is 4.98 Å². The van der Waals surface area contributed by atoms with E-state index in [1.165, 1.54) is 0 Å². The molecular formula is C10H9F3INO2. The van der Waals surface area contributed by atoms with E-state index in [2.05, 4.69) is 9.72 Å². The first-order valence-electron chi connectivity index (χ1n) is 4.73. The van der Waals surface area contributed by atoms with E-state index >= 15 is 0 Å². The van der Waals surface area contributed by atoms with Crippen molar-refractivity contribution < 1.29 is 22.7 Å². The molecule has 0 fully saturated rings. The summed E-state index contributed by atoms with van der Waals surface area (Å²) in [5.41, 5.74) is -0.692. The van der Waals surface area contributed by atoms with Gasteiger partial charge in [-0.25, -0.2) is 13.2 Å². The highest BCUT2D eigenvalue weighted by molar-refractivity contribution is 14.1. The van der Waals surface area contributed by atoms with Crippen LogP contribution in [0.2, 0.25) is 0 Å². The summed E-state index contributed by atoms with van der Waals surface area (Å²) in [6.45, 7) is 1.74. The van der Waals surface area contributed by atoms with Gasteiger partial charge in [0.25, 0.3) is 6.43 Å². The first kappa shape index (κ1) is 14.2. The lowest BCUT2D eigenvalue weighted by atomic mass is 10.1. The second-order valence-corrected chi connectivity index (χ2v) is 4.15. The fourth-order valence-corrected chi connectivity index (χ4v) is 1.84. The maximum Gasteiger partial charge on any atom is 0.310 e. The van der Waals surface area contributed by atoms with E-state index in [4.69, 9.17) is 0 Å². The molecule has 1 heterocycles. The molecule has 0 N–H and O–H groups in total. The third-order valence-electron chi connectivity index (χ3n) is 1.93. The Kier molecular flexibility index (Phi) is 5.16. The van der Waals surface area contributed by atoms with Crippen molar-refractivity contribution >= 4 is 28.6 Å². The lowest BCUT2D eigenvalue weighted by Gasteiger charge is -2.10. The minimum Gasteiger partial charge on any atom is -0.466 e. The van der Waals surface area contributed by atoms with E-state index < -0.39 is 30.3 Å². The number of carbonyl (C=O) groups excluding carboxylic acids is 1. The average Bonchev–Trinajstić information content (AvgIpc) is 2.25. The van der Waals surface area contributed by atoms with Crippen LogP contribution in [0, 0.1) is 9.39 Å². The van der Waals surface area contributed by atoms with Gasteiger partial charge in [-0.3, -0.25) is 9.78 Å². The molecule has 0 amide bonds. The smallest absolute Gasteiger partial charge is 0.310 e. The van der Waals surface area contributed by atoms with Gasteiger partial charge in [0.05, 0.1) is 22.8 Å². The molecule has 0 spiro atoms. The van der Waals surface area contributed by atoms with E-state index in [-0.39, 0.29) is 15.7 Å². The zero-order valence-corrected chi connectivity index (χ0v) is 11.0. The standard InChI is InChI=1S/C10H9F3INO2/c1-2-17-7(16)3-5-8(14)6(11)4-15-9(5)10(12)13/h4,10H,2-3H2,1H3. The summed E-state index contributed by atoms with van der Waals surface area (Å²) in [5.74, 6) is -1.41. The molecule has 0 atom stereocenters. The molecule has 0 aliphatic carbocycles. The van der Waals surface area contributed by atoms with Gasteiger partial charge in [0, 0.05) is 5.56 Å². The minimum absolute atomic E-state index is 0.0269. The van der Waals surface area contributed by atoms with E-state index in [1.54, 1.807) is 29.5 Å². The van der Waals surface area contributed by atoms with Crippen LogP contribution in [0.5, 0.6) is 0 Å². The molecule has 0 bridgehead atoms. The molecule has 0 unspecified atom stereocenters. The van der Waals surface area contributed by atoms with Crippen LogP contribution in [0.15, 0.2) is 6.20 Å². The van der Waals surface area contributed by atoms with Crippen molar-refractivity contribution in [2.75, 3.05) is 6.61 Å². The summed E-state index contributed by atoms with van der Waals surface area (Å²) in [6, 6.07) is 0. The first-order chi connectivity index (χ1) is 7.97. The molecule has 1 aromatic heterocycles. The highest BCUT2D eigenvalue weighted by atomic mass is 127. The molecule has 0 radical (unpaired) electrons. The largest absolute Gasteiger partial charge is 0.466 e. The molecule has 17 heavy (non-hydrogen) atoms. The van der Waals surface area contributed by atoms with Gasteiger partial charge in [0.1, 0.15) is 5.69 Å². The van der Waals surface area contributed by atoms with E-state index in [0.29, 0.717) is 0 Å². The van der Waals surface area contributed by atoms with Crippen molar-refractivity contribution in [3.05, 3.63) is 26.8 Å². The molecule has 7 heteroatoms. The number of rotatable bonds is 4. The van der Waals surface area contributed by atoms with Gasteiger partial charge in [-0.2, -0.15) is 0 Å². The number of ether oxygens (including phenoxy) is 1. The second kappa shape index (κ2) is 6.18. The van der Waals surface area contributed by atoms with Gasteiger partial charge >= 0.3 is 5.97 Å². The fourth-order valence-electron chi connectivity index (χ4n) is 1.23. The molecule has 3 nitrogen and oxygen atoms in total. The van der Waals surface area contributed by atoms with Gasteiger partial charge in [-0.15, -0.1) is 0 Å². The Morgan fingerprint density at radius 2 is 2.24 bits per heavy atom. The monoisotopic (exact) mass is 359 g/mol. The third kappa shape index (κ3) is 3.55. The number of hydrogen-bond acceptors (Lipinski definition) is 3. The third-order valence-corrected chi connectivity index (χ3v) is 3.10. The van der Waals surface area contributed by atoms with Crippen LogP contribution in [0.4, 0.5) is 13.2 Å². The summed E-state index contributed by atoms with van der Waals surface area (Å²) < 4.78 is 43.1. The SMILES string of the molecule is CCOC(=O)Cc1c(C(F)F)ncc(F)c1I. The van der Waals surface area contributed by atoms with Crippen molar-refractivity contribution in [1.29, 1.82) is 0 Å². The highest BCUT2D eigenvalue weighted by Crippen LogP contribution is 2.26. The van der Waals surface area contributed by atoms with E-state index in [1.807, 2.05) is 0 Å². The normalized spacial score (nSPS) is 10.7. The number of nitrogens with zero attached hydrogens (tertiary/aromatic N) is 1. The lowest BCUT2D eigenvalue weighted by Crippen LogP contribution is -2.13. The Morgan fingerprint density at radius 3 is 2.76 bits per heavy atom. The van der Waals surface area contributed by atoms with Gasteiger partial charge in [0.2, 0.25) is 0 Å². The van der Waals surface area contributed by atoms with Crippen LogP contribution in [0.1, 0.15) is 24.6 Å². The maximum atomic E-state index is 13.2. The van der Waals surface area contributed by atoms with Crippen LogP contribution in [0.25, 0.3) is 0 Å². The Labute approximate surface area is 110 Å². The zero-order valence-electron chi connectivity index (χ0n) is 8.84. The number of hydrogen-bond donors (Lipinski definition) is 0. The number of esters is 1. The quantitative estimate of drug-likeness (QED) is 0.613. The lowest BCUT2D eigenvalue weighted by molar-refractivity contribution is -0.142. The van der Waals surface area contributed by atoms with Crippen LogP contribution in [-0.4, -0.2) is 17.6 Å². The second-order valence-electron chi connectivity index (χ2n) is 3.07. The summed E-state index contributed by atoms with van der Waals surface area (Å²) in [4.78, 5) is 14.5. The van der Waals surface area contributed by atoms with Gasteiger partial charge < -0.3 is 4.74 Å². The van der Waals surface area contributed by atoms with Crippen LogP contribution >= 0.6 is 22.6 Å². The van der Waals surface area contributed by atoms with Gasteiger partial charge in [-0.05, 0) is 29.5 Å². The molecule has 0 aliphatic rings. The molecule has 0 aliphatic heterocycles. The topological polar surface area (TPSA) is 39.2 Å². The number of halogens is 4. The zero-order chi connectivity index (χ0) is 13.0. The van der Waals surface area contributed by atoms with Gasteiger partial charge in [0.15, 0.2) is 5.82 Å². The molecule has 0 saturated heterocycles.